The number of para-hydroxylation sites is 4. The summed E-state index contributed by atoms with van der Waals surface area (Å²) >= 11 is 0. The third kappa shape index (κ3) is 4.55. The summed E-state index contributed by atoms with van der Waals surface area (Å²) in [6.45, 7) is 4.64. The summed E-state index contributed by atoms with van der Waals surface area (Å²) < 4.78 is 11.7. The van der Waals surface area contributed by atoms with E-state index in [0.29, 0.717) is 0 Å². The Morgan fingerprint density at radius 2 is 0.867 bits per heavy atom. The fourth-order valence-electron chi connectivity index (χ4n) is 10.5. The molecule has 3 nitrogen and oxygen atoms in total. The lowest BCUT2D eigenvalue weighted by Crippen LogP contribution is -2.14. The van der Waals surface area contributed by atoms with Crippen LogP contribution in [0.1, 0.15) is 25.0 Å². The Kier molecular flexibility index (Phi) is 6.78. The highest BCUT2D eigenvalue weighted by Crippen LogP contribution is 2.53. The number of hydrogen-bond donors (Lipinski definition) is 0. The number of aromatic nitrogens is 2. The van der Waals surface area contributed by atoms with Crippen molar-refractivity contribution in [2.75, 3.05) is 0 Å². The Bertz CT molecular complexity index is 3730. The van der Waals surface area contributed by atoms with Crippen LogP contribution in [-0.2, 0) is 5.41 Å². The number of rotatable bonds is 4. The first-order valence-electron chi connectivity index (χ1n) is 20.8. The Hall–Kier alpha value is -7.62. The summed E-state index contributed by atoms with van der Waals surface area (Å²) in [5.41, 5.74) is 18.8. The van der Waals surface area contributed by atoms with Crippen LogP contribution in [0.5, 0.6) is 0 Å². The van der Waals surface area contributed by atoms with Gasteiger partial charge in [-0.05, 0) is 94.0 Å². The van der Waals surface area contributed by atoms with E-state index in [4.69, 9.17) is 4.42 Å². The van der Waals surface area contributed by atoms with Crippen molar-refractivity contribution in [3.63, 3.8) is 0 Å². The molecule has 0 unspecified atom stereocenters. The van der Waals surface area contributed by atoms with Crippen molar-refractivity contribution < 1.29 is 4.42 Å². The van der Waals surface area contributed by atoms with Crippen molar-refractivity contribution >= 4 is 65.6 Å². The molecule has 3 heteroatoms. The molecular formula is C57H38N2O. The molecule has 3 heterocycles. The number of nitrogens with zero attached hydrogens (tertiary/aromatic N) is 2. The van der Waals surface area contributed by atoms with E-state index in [1.165, 1.54) is 88.1 Å². The second-order valence-corrected chi connectivity index (χ2v) is 16.9. The molecular weight excluding hydrogens is 729 g/mol. The van der Waals surface area contributed by atoms with Crippen molar-refractivity contribution in [2.24, 2.45) is 0 Å². The third-order valence-electron chi connectivity index (χ3n) is 13.3. The number of furan rings is 1. The van der Waals surface area contributed by atoms with Gasteiger partial charge in [0.05, 0.1) is 22.1 Å². The van der Waals surface area contributed by atoms with Gasteiger partial charge in [0.25, 0.3) is 0 Å². The second-order valence-electron chi connectivity index (χ2n) is 16.9. The zero-order valence-corrected chi connectivity index (χ0v) is 33.3. The molecule has 0 saturated carbocycles. The Morgan fingerprint density at radius 3 is 1.55 bits per heavy atom. The molecule has 9 aromatic carbocycles. The van der Waals surface area contributed by atoms with E-state index in [2.05, 4.69) is 217 Å². The van der Waals surface area contributed by atoms with E-state index in [0.717, 1.165) is 33.4 Å². The molecule has 0 atom stereocenters. The predicted octanol–water partition coefficient (Wildman–Crippen LogP) is 15.4. The normalized spacial score (nSPS) is 13.3. The van der Waals surface area contributed by atoms with Gasteiger partial charge in [0.2, 0.25) is 0 Å². The van der Waals surface area contributed by atoms with Crippen molar-refractivity contribution in [3.05, 3.63) is 205 Å². The van der Waals surface area contributed by atoms with Gasteiger partial charge in [0.1, 0.15) is 11.2 Å². The van der Waals surface area contributed by atoms with Gasteiger partial charge >= 0.3 is 0 Å². The third-order valence-corrected chi connectivity index (χ3v) is 13.3. The maximum absolute atomic E-state index is 6.96. The second kappa shape index (κ2) is 12.2. The standard InChI is InChI=1S/C57H38N2O/c1-57(2)48-20-9-6-17-45(48)54-49(57)30-29-44-43-19-12-18-40(55(43)60-56(44)54)35-23-27-39(28-24-35)59-51-22-11-8-16-42(51)47-34-37(26-32-53(47)59)36-25-31-52-46(33-36)41-15-7-10-21-50(41)58(52)38-13-4-3-5-14-38/h3-34H,1-2H3. The van der Waals surface area contributed by atoms with E-state index in [1.54, 1.807) is 0 Å². The summed E-state index contributed by atoms with van der Waals surface area (Å²) in [6, 6.07) is 71.0. The van der Waals surface area contributed by atoms with Crippen LogP contribution in [-0.4, -0.2) is 9.13 Å². The summed E-state index contributed by atoms with van der Waals surface area (Å²) in [5, 5.41) is 7.31. The van der Waals surface area contributed by atoms with Gasteiger partial charge in [-0.25, -0.2) is 0 Å². The summed E-state index contributed by atoms with van der Waals surface area (Å²) in [7, 11) is 0. The van der Waals surface area contributed by atoms with Crippen molar-refractivity contribution in [1.29, 1.82) is 0 Å². The van der Waals surface area contributed by atoms with Crippen LogP contribution in [0.3, 0.4) is 0 Å². The lowest BCUT2D eigenvalue weighted by Gasteiger charge is -2.21. The summed E-state index contributed by atoms with van der Waals surface area (Å²) in [4.78, 5) is 0. The summed E-state index contributed by atoms with van der Waals surface area (Å²) in [5.74, 6) is 0. The van der Waals surface area contributed by atoms with E-state index >= 15 is 0 Å². The van der Waals surface area contributed by atoms with E-state index in [-0.39, 0.29) is 5.41 Å². The topological polar surface area (TPSA) is 23.0 Å². The fraction of sp³-hybridized carbons (Fsp3) is 0.0526. The lowest BCUT2D eigenvalue weighted by molar-refractivity contribution is 0.653. The van der Waals surface area contributed by atoms with E-state index in [1.807, 2.05) is 0 Å². The Morgan fingerprint density at radius 1 is 0.350 bits per heavy atom. The minimum Gasteiger partial charge on any atom is -0.455 e. The minimum atomic E-state index is -0.0775. The van der Waals surface area contributed by atoms with E-state index in [9.17, 15) is 0 Å². The molecule has 0 saturated heterocycles. The molecule has 12 aromatic rings. The maximum atomic E-state index is 6.96. The van der Waals surface area contributed by atoms with Gasteiger partial charge in [-0.1, -0.05) is 147 Å². The first kappa shape index (κ1) is 33.4. The molecule has 0 radical (unpaired) electrons. The molecule has 0 bridgehead atoms. The first-order chi connectivity index (χ1) is 29.5. The first-order valence-corrected chi connectivity index (χ1v) is 20.8. The monoisotopic (exact) mass is 766 g/mol. The molecule has 1 aliphatic carbocycles. The molecule has 282 valence electrons. The molecule has 13 rings (SSSR count). The molecule has 0 N–H and O–H groups in total. The van der Waals surface area contributed by atoms with Gasteiger partial charge in [-0.2, -0.15) is 0 Å². The average molecular weight is 767 g/mol. The number of fused-ring (bicyclic) bond motifs is 13. The van der Waals surface area contributed by atoms with Gasteiger partial charge in [0.15, 0.2) is 0 Å². The van der Waals surface area contributed by atoms with Crippen LogP contribution in [0.4, 0.5) is 0 Å². The highest BCUT2D eigenvalue weighted by atomic mass is 16.3. The largest absolute Gasteiger partial charge is 0.455 e. The molecule has 3 aromatic heterocycles. The number of benzene rings is 9. The van der Waals surface area contributed by atoms with E-state index < -0.39 is 0 Å². The highest BCUT2D eigenvalue weighted by molar-refractivity contribution is 6.15. The molecule has 0 fully saturated rings. The zero-order chi connectivity index (χ0) is 39.7. The quantitative estimate of drug-likeness (QED) is 0.175. The summed E-state index contributed by atoms with van der Waals surface area (Å²) in [6.07, 6.45) is 0. The smallest absolute Gasteiger partial charge is 0.143 e. The van der Waals surface area contributed by atoms with Crippen molar-refractivity contribution in [3.8, 4) is 44.8 Å². The van der Waals surface area contributed by atoms with Crippen LogP contribution in [0.25, 0.3) is 110 Å². The van der Waals surface area contributed by atoms with Gasteiger partial charge in [0, 0.05) is 60.2 Å². The van der Waals surface area contributed by atoms with Crippen LogP contribution in [0, 0.1) is 0 Å². The molecule has 1 aliphatic rings. The maximum Gasteiger partial charge on any atom is 0.143 e. The zero-order valence-electron chi connectivity index (χ0n) is 33.3. The molecule has 0 aliphatic heterocycles. The number of hydrogen-bond acceptors (Lipinski definition) is 1. The lowest BCUT2D eigenvalue weighted by atomic mass is 9.82. The SMILES string of the molecule is CC1(C)c2ccccc2-c2c1ccc1c2oc2c(-c3ccc(-n4c5ccccc5c5cc(-c6ccc7c(c6)c6ccccc6n7-c6ccccc6)ccc54)cc3)cccc21. The van der Waals surface area contributed by atoms with Gasteiger partial charge in [-0.3, -0.25) is 0 Å². The average Bonchev–Trinajstić information content (AvgIpc) is 4.01. The van der Waals surface area contributed by atoms with Gasteiger partial charge in [-0.15, -0.1) is 0 Å². The molecule has 0 spiro atoms. The highest BCUT2D eigenvalue weighted by Gasteiger charge is 2.37. The molecule has 60 heavy (non-hydrogen) atoms. The minimum absolute atomic E-state index is 0.0775. The molecule has 0 amide bonds. The fourth-order valence-corrected chi connectivity index (χ4v) is 10.5. The Balaban J connectivity index is 0.916. The Labute approximate surface area is 347 Å². The predicted molar refractivity (Wildman–Crippen MR) is 251 cm³/mol. The van der Waals surface area contributed by atoms with Gasteiger partial charge < -0.3 is 13.6 Å². The van der Waals surface area contributed by atoms with Crippen molar-refractivity contribution in [1.82, 2.24) is 9.13 Å². The van der Waals surface area contributed by atoms with Crippen molar-refractivity contribution in [2.45, 2.75) is 19.3 Å². The van der Waals surface area contributed by atoms with Crippen LogP contribution >= 0.6 is 0 Å². The van der Waals surface area contributed by atoms with Crippen LogP contribution < -0.4 is 0 Å². The van der Waals surface area contributed by atoms with Crippen LogP contribution in [0.15, 0.2) is 199 Å². The van der Waals surface area contributed by atoms with Crippen LogP contribution in [0.2, 0.25) is 0 Å².